The van der Waals surface area contributed by atoms with Gasteiger partial charge in [0, 0.05) is 28.3 Å². The lowest BCUT2D eigenvalue weighted by molar-refractivity contribution is 0.174. The molecule has 172 valence electrons. The maximum absolute atomic E-state index is 13.3. The molecule has 0 radical (unpaired) electrons. The Morgan fingerprint density at radius 3 is 2.74 bits per heavy atom. The third-order valence-corrected chi connectivity index (χ3v) is 5.85. The molecule has 0 aliphatic carbocycles. The zero-order valence-electron chi connectivity index (χ0n) is 18.4. The standard InChI is InChI=1S/C26H22ClN3O4/c1-16-5-7-22-18(9-16)11-19(25(31)29-22)14-30(26(32)28-21-4-2-3-20(27)12-21)13-17-6-8-23-24(10-17)34-15-33-23/h2-12H,13-15H2,1H3,(H,28,32)(H,29,31). The van der Waals surface area contributed by atoms with Gasteiger partial charge in [-0.05, 0) is 66.4 Å². The minimum atomic E-state index is -0.358. The van der Waals surface area contributed by atoms with E-state index in [1.807, 2.05) is 49.4 Å². The van der Waals surface area contributed by atoms with Gasteiger partial charge in [-0.25, -0.2) is 4.79 Å². The number of hydrogen-bond acceptors (Lipinski definition) is 4. The van der Waals surface area contributed by atoms with Crippen LogP contribution in [-0.4, -0.2) is 22.7 Å². The SMILES string of the molecule is Cc1ccc2[nH]c(=O)c(CN(Cc3ccc4c(c3)OCO4)C(=O)Nc3cccc(Cl)c3)cc2c1. The van der Waals surface area contributed by atoms with E-state index in [1.54, 1.807) is 29.2 Å². The van der Waals surface area contributed by atoms with Crippen LogP contribution in [0.25, 0.3) is 10.9 Å². The van der Waals surface area contributed by atoms with Gasteiger partial charge in [0.05, 0.1) is 6.54 Å². The van der Waals surface area contributed by atoms with Gasteiger partial charge in [0.25, 0.3) is 5.56 Å². The van der Waals surface area contributed by atoms with E-state index < -0.39 is 0 Å². The summed E-state index contributed by atoms with van der Waals surface area (Å²) >= 11 is 6.07. The van der Waals surface area contributed by atoms with Crippen LogP contribution in [0.2, 0.25) is 5.02 Å². The molecular formula is C26H22ClN3O4. The molecule has 7 nitrogen and oxygen atoms in total. The highest BCUT2D eigenvalue weighted by atomic mass is 35.5. The molecule has 0 saturated heterocycles. The van der Waals surface area contributed by atoms with Crippen LogP contribution in [0.1, 0.15) is 16.7 Å². The van der Waals surface area contributed by atoms with E-state index in [2.05, 4.69) is 10.3 Å². The first-order chi connectivity index (χ1) is 16.4. The summed E-state index contributed by atoms with van der Waals surface area (Å²) in [5.41, 5.74) is 3.50. The summed E-state index contributed by atoms with van der Waals surface area (Å²) in [7, 11) is 0. The van der Waals surface area contributed by atoms with Crippen molar-refractivity contribution in [1.82, 2.24) is 9.88 Å². The van der Waals surface area contributed by atoms with Crippen LogP contribution in [0.15, 0.2) is 71.5 Å². The van der Waals surface area contributed by atoms with E-state index in [0.29, 0.717) is 27.8 Å². The van der Waals surface area contributed by atoms with Crippen molar-refractivity contribution in [2.45, 2.75) is 20.0 Å². The fourth-order valence-electron chi connectivity index (χ4n) is 3.92. The number of H-pyrrole nitrogens is 1. The van der Waals surface area contributed by atoms with Crippen molar-refractivity contribution in [3.8, 4) is 11.5 Å². The lowest BCUT2D eigenvalue weighted by atomic mass is 10.1. The quantitative estimate of drug-likeness (QED) is 0.402. The van der Waals surface area contributed by atoms with Crippen molar-refractivity contribution in [2.75, 3.05) is 12.1 Å². The van der Waals surface area contributed by atoms with Gasteiger partial charge in [-0.3, -0.25) is 4.79 Å². The summed E-state index contributed by atoms with van der Waals surface area (Å²) < 4.78 is 10.9. The smallest absolute Gasteiger partial charge is 0.322 e. The molecule has 0 spiro atoms. The highest BCUT2D eigenvalue weighted by Gasteiger charge is 2.20. The van der Waals surface area contributed by atoms with Gasteiger partial charge in [-0.1, -0.05) is 35.4 Å². The number of aryl methyl sites for hydroxylation is 1. The van der Waals surface area contributed by atoms with Crippen molar-refractivity contribution in [2.24, 2.45) is 0 Å². The van der Waals surface area contributed by atoms with Crippen molar-refractivity contribution in [3.05, 3.63) is 98.8 Å². The van der Waals surface area contributed by atoms with Gasteiger partial charge in [0.15, 0.2) is 11.5 Å². The number of amides is 2. The Kier molecular flexibility index (Phi) is 5.86. The number of urea groups is 1. The second kappa shape index (κ2) is 9.11. The number of anilines is 1. The molecule has 5 rings (SSSR count). The zero-order chi connectivity index (χ0) is 23.7. The van der Waals surface area contributed by atoms with Crippen LogP contribution in [0, 0.1) is 6.92 Å². The van der Waals surface area contributed by atoms with E-state index in [9.17, 15) is 9.59 Å². The summed E-state index contributed by atoms with van der Waals surface area (Å²) in [6, 6.07) is 19.8. The first-order valence-electron chi connectivity index (χ1n) is 10.8. The van der Waals surface area contributed by atoms with Crippen LogP contribution in [0.3, 0.4) is 0 Å². The molecular weight excluding hydrogens is 454 g/mol. The van der Waals surface area contributed by atoms with Crippen molar-refractivity contribution in [3.63, 3.8) is 0 Å². The number of carbonyl (C=O) groups excluding carboxylic acids is 1. The van der Waals surface area contributed by atoms with Crippen molar-refractivity contribution >= 4 is 34.2 Å². The minimum Gasteiger partial charge on any atom is -0.454 e. The molecule has 1 aliphatic rings. The van der Waals surface area contributed by atoms with Gasteiger partial charge in [0.1, 0.15) is 0 Å². The Hall–Kier alpha value is -3.97. The Balaban J connectivity index is 1.47. The second-order valence-corrected chi connectivity index (χ2v) is 8.64. The van der Waals surface area contributed by atoms with E-state index in [1.165, 1.54) is 0 Å². The molecule has 4 aromatic rings. The first-order valence-corrected chi connectivity index (χ1v) is 11.1. The maximum atomic E-state index is 13.3. The van der Waals surface area contributed by atoms with E-state index in [4.69, 9.17) is 21.1 Å². The molecule has 2 N–H and O–H groups in total. The van der Waals surface area contributed by atoms with Gasteiger partial charge in [-0.15, -0.1) is 0 Å². The predicted octanol–water partition coefficient (Wildman–Crippen LogP) is 5.45. The third kappa shape index (κ3) is 4.70. The number of ether oxygens (including phenoxy) is 2. The third-order valence-electron chi connectivity index (χ3n) is 5.61. The molecule has 0 bridgehead atoms. The van der Waals surface area contributed by atoms with Crippen LogP contribution in [0.4, 0.5) is 10.5 Å². The summed E-state index contributed by atoms with van der Waals surface area (Å²) in [5.74, 6) is 1.30. The summed E-state index contributed by atoms with van der Waals surface area (Å²) in [4.78, 5) is 30.6. The fraction of sp³-hybridized carbons (Fsp3) is 0.154. The van der Waals surface area contributed by atoms with Crippen LogP contribution >= 0.6 is 11.6 Å². The van der Waals surface area contributed by atoms with Crippen molar-refractivity contribution in [1.29, 1.82) is 0 Å². The first kappa shape index (κ1) is 21.9. The average Bonchev–Trinajstić information content (AvgIpc) is 3.27. The Morgan fingerprint density at radius 2 is 1.88 bits per heavy atom. The van der Waals surface area contributed by atoms with Gasteiger partial charge >= 0.3 is 6.03 Å². The molecule has 1 aliphatic heterocycles. The average molecular weight is 476 g/mol. The van der Waals surface area contributed by atoms with Gasteiger partial charge in [-0.2, -0.15) is 0 Å². The van der Waals surface area contributed by atoms with Crippen LogP contribution in [-0.2, 0) is 13.1 Å². The number of fused-ring (bicyclic) bond motifs is 2. The summed E-state index contributed by atoms with van der Waals surface area (Å²) in [6.07, 6.45) is 0. The number of nitrogens with one attached hydrogen (secondary N) is 2. The van der Waals surface area contributed by atoms with Crippen LogP contribution < -0.4 is 20.3 Å². The molecule has 8 heteroatoms. The molecule has 1 aromatic heterocycles. The Morgan fingerprint density at radius 1 is 1.03 bits per heavy atom. The molecule has 0 unspecified atom stereocenters. The number of aromatic amines is 1. The zero-order valence-corrected chi connectivity index (χ0v) is 19.2. The van der Waals surface area contributed by atoms with E-state index in [-0.39, 0.29) is 31.5 Å². The number of hydrogen-bond donors (Lipinski definition) is 2. The highest BCUT2D eigenvalue weighted by Crippen LogP contribution is 2.33. The predicted molar refractivity (Wildman–Crippen MR) is 132 cm³/mol. The van der Waals surface area contributed by atoms with Gasteiger partial charge < -0.3 is 24.7 Å². The molecule has 3 aromatic carbocycles. The van der Waals surface area contributed by atoms with E-state index in [0.717, 1.165) is 22.0 Å². The number of halogens is 1. The Bertz CT molecular complexity index is 1450. The van der Waals surface area contributed by atoms with Crippen LogP contribution in [0.5, 0.6) is 11.5 Å². The maximum Gasteiger partial charge on any atom is 0.322 e. The minimum absolute atomic E-state index is 0.111. The number of pyridine rings is 1. The largest absolute Gasteiger partial charge is 0.454 e. The number of aromatic nitrogens is 1. The van der Waals surface area contributed by atoms with Gasteiger partial charge in [0.2, 0.25) is 6.79 Å². The lowest BCUT2D eigenvalue weighted by Gasteiger charge is -2.23. The molecule has 2 heterocycles. The normalized spacial score (nSPS) is 12.1. The fourth-order valence-corrected chi connectivity index (χ4v) is 4.11. The number of benzene rings is 3. The molecule has 0 atom stereocenters. The Labute approximate surface area is 200 Å². The highest BCUT2D eigenvalue weighted by molar-refractivity contribution is 6.30. The molecule has 0 saturated carbocycles. The monoisotopic (exact) mass is 475 g/mol. The molecule has 34 heavy (non-hydrogen) atoms. The van der Waals surface area contributed by atoms with Crippen molar-refractivity contribution < 1.29 is 14.3 Å². The van der Waals surface area contributed by atoms with E-state index >= 15 is 0 Å². The number of rotatable bonds is 5. The lowest BCUT2D eigenvalue weighted by Crippen LogP contribution is -2.35. The number of nitrogens with zero attached hydrogens (tertiary/aromatic N) is 1. The number of carbonyl (C=O) groups is 1. The topological polar surface area (TPSA) is 83.7 Å². The molecule has 0 fully saturated rings. The second-order valence-electron chi connectivity index (χ2n) is 8.20. The summed E-state index contributed by atoms with van der Waals surface area (Å²) in [6.45, 7) is 2.53. The molecule has 2 amide bonds. The summed E-state index contributed by atoms with van der Waals surface area (Å²) in [5, 5.41) is 4.30.